The maximum absolute atomic E-state index is 5.41. The van der Waals surface area contributed by atoms with E-state index in [1.807, 2.05) is 13.1 Å². The number of likely N-dealkylation sites (N-methyl/N-ethyl adjacent to an activating group) is 1. The van der Waals surface area contributed by atoms with Crippen LogP contribution in [0.25, 0.3) is 0 Å². The van der Waals surface area contributed by atoms with Gasteiger partial charge in [-0.15, -0.1) is 0 Å². The van der Waals surface area contributed by atoms with Crippen LogP contribution in [0, 0.1) is 0 Å². The highest BCUT2D eigenvalue weighted by atomic mass is 16.5. The molecule has 2 unspecified atom stereocenters. The summed E-state index contributed by atoms with van der Waals surface area (Å²) < 4.78 is 10.4. The lowest BCUT2D eigenvalue weighted by Gasteiger charge is -2.24. The SMILES string of the molecule is CCC(OC)C(Cc1ccoc1)NC. The van der Waals surface area contributed by atoms with Crippen molar-refractivity contribution in [1.29, 1.82) is 0 Å². The van der Waals surface area contributed by atoms with Gasteiger partial charge in [0.1, 0.15) is 0 Å². The highest BCUT2D eigenvalue weighted by molar-refractivity contribution is 5.08. The van der Waals surface area contributed by atoms with Crippen molar-refractivity contribution in [3.8, 4) is 0 Å². The second-order valence-electron chi connectivity index (χ2n) is 3.41. The molecule has 0 aromatic carbocycles. The Morgan fingerprint density at radius 1 is 1.57 bits per heavy atom. The molecule has 0 radical (unpaired) electrons. The van der Waals surface area contributed by atoms with Gasteiger partial charge in [-0.2, -0.15) is 0 Å². The lowest BCUT2D eigenvalue weighted by molar-refractivity contribution is 0.0677. The predicted octanol–water partition coefficient (Wildman–Crippen LogP) is 1.84. The van der Waals surface area contributed by atoms with Crippen LogP contribution in [0.2, 0.25) is 0 Å². The van der Waals surface area contributed by atoms with E-state index < -0.39 is 0 Å². The Morgan fingerprint density at radius 3 is 2.79 bits per heavy atom. The number of nitrogens with one attached hydrogen (secondary N) is 1. The molecule has 14 heavy (non-hydrogen) atoms. The lowest BCUT2D eigenvalue weighted by atomic mass is 10.0. The van der Waals surface area contributed by atoms with Crippen molar-refractivity contribution in [2.75, 3.05) is 14.2 Å². The lowest BCUT2D eigenvalue weighted by Crippen LogP contribution is -2.40. The van der Waals surface area contributed by atoms with Gasteiger partial charge in [0.15, 0.2) is 0 Å². The van der Waals surface area contributed by atoms with Crippen LogP contribution in [0.5, 0.6) is 0 Å². The molecule has 0 fully saturated rings. The quantitative estimate of drug-likeness (QED) is 0.755. The molecule has 1 aromatic heterocycles. The van der Waals surface area contributed by atoms with Gasteiger partial charge in [-0.1, -0.05) is 6.92 Å². The zero-order chi connectivity index (χ0) is 10.4. The van der Waals surface area contributed by atoms with E-state index >= 15 is 0 Å². The van der Waals surface area contributed by atoms with E-state index in [-0.39, 0.29) is 6.10 Å². The van der Waals surface area contributed by atoms with Gasteiger partial charge >= 0.3 is 0 Å². The molecule has 0 aliphatic carbocycles. The fraction of sp³-hybridized carbons (Fsp3) is 0.636. The van der Waals surface area contributed by atoms with Crippen LogP contribution in [0.15, 0.2) is 23.0 Å². The minimum Gasteiger partial charge on any atom is -0.472 e. The van der Waals surface area contributed by atoms with E-state index in [4.69, 9.17) is 9.15 Å². The van der Waals surface area contributed by atoms with Crippen molar-refractivity contribution in [2.45, 2.75) is 31.9 Å². The molecule has 2 atom stereocenters. The first kappa shape index (κ1) is 11.3. The molecule has 1 heterocycles. The van der Waals surface area contributed by atoms with Crippen molar-refractivity contribution < 1.29 is 9.15 Å². The van der Waals surface area contributed by atoms with Gasteiger partial charge in [0.2, 0.25) is 0 Å². The molecule has 3 nitrogen and oxygen atoms in total. The summed E-state index contributed by atoms with van der Waals surface area (Å²) in [7, 11) is 3.72. The van der Waals surface area contributed by atoms with Crippen molar-refractivity contribution in [3.63, 3.8) is 0 Å². The van der Waals surface area contributed by atoms with E-state index in [1.165, 1.54) is 5.56 Å². The topological polar surface area (TPSA) is 34.4 Å². The van der Waals surface area contributed by atoms with E-state index in [2.05, 4.69) is 12.2 Å². The number of ether oxygens (including phenoxy) is 1. The summed E-state index contributed by atoms with van der Waals surface area (Å²) in [5.74, 6) is 0. The molecular weight excluding hydrogens is 178 g/mol. The third-order valence-corrected chi connectivity index (χ3v) is 2.56. The zero-order valence-corrected chi connectivity index (χ0v) is 9.12. The summed E-state index contributed by atoms with van der Waals surface area (Å²) in [6.45, 7) is 2.13. The van der Waals surface area contributed by atoms with E-state index in [1.54, 1.807) is 19.6 Å². The molecule has 1 rings (SSSR count). The first-order valence-corrected chi connectivity index (χ1v) is 5.03. The molecule has 0 aliphatic heterocycles. The Labute approximate surface area is 85.4 Å². The van der Waals surface area contributed by atoms with Crippen LogP contribution in [0.1, 0.15) is 18.9 Å². The Balaban J connectivity index is 2.53. The van der Waals surface area contributed by atoms with Gasteiger partial charge in [-0.25, -0.2) is 0 Å². The van der Waals surface area contributed by atoms with Crippen molar-refractivity contribution in [1.82, 2.24) is 5.32 Å². The van der Waals surface area contributed by atoms with E-state index in [0.717, 1.165) is 12.8 Å². The maximum atomic E-state index is 5.41. The number of hydrogen-bond acceptors (Lipinski definition) is 3. The average molecular weight is 197 g/mol. The number of rotatable bonds is 6. The summed E-state index contributed by atoms with van der Waals surface area (Å²) in [5, 5.41) is 3.28. The van der Waals surface area contributed by atoms with Crippen molar-refractivity contribution in [2.24, 2.45) is 0 Å². The van der Waals surface area contributed by atoms with E-state index in [0.29, 0.717) is 6.04 Å². The van der Waals surface area contributed by atoms with Crippen molar-refractivity contribution in [3.05, 3.63) is 24.2 Å². The monoisotopic (exact) mass is 197 g/mol. The molecule has 1 N–H and O–H groups in total. The number of hydrogen-bond donors (Lipinski definition) is 1. The van der Waals surface area contributed by atoms with Gasteiger partial charge in [0.05, 0.1) is 18.6 Å². The van der Waals surface area contributed by atoms with Gasteiger partial charge in [0.25, 0.3) is 0 Å². The number of methoxy groups -OCH3 is 1. The van der Waals surface area contributed by atoms with Gasteiger partial charge in [-0.05, 0) is 31.5 Å². The third-order valence-electron chi connectivity index (χ3n) is 2.56. The first-order valence-electron chi connectivity index (χ1n) is 5.03. The Hall–Kier alpha value is -0.800. The molecule has 0 amide bonds. The predicted molar refractivity (Wildman–Crippen MR) is 56.3 cm³/mol. The minimum absolute atomic E-state index is 0.259. The van der Waals surface area contributed by atoms with Crippen molar-refractivity contribution >= 4 is 0 Å². The smallest absolute Gasteiger partial charge is 0.0935 e. The Kier molecular flexibility index (Phi) is 4.70. The largest absolute Gasteiger partial charge is 0.472 e. The van der Waals surface area contributed by atoms with Crippen LogP contribution in [0.4, 0.5) is 0 Å². The second-order valence-corrected chi connectivity index (χ2v) is 3.41. The Morgan fingerprint density at radius 2 is 2.36 bits per heavy atom. The fourth-order valence-corrected chi connectivity index (χ4v) is 1.70. The highest BCUT2D eigenvalue weighted by Gasteiger charge is 2.18. The molecular formula is C11H19NO2. The van der Waals surface area contributed by atoms with Crippen LogP contribution >= 0.6 is 0 Å². The molecule has 1 aromatic rings. The second kappa shape index (κ2) is 5.83. The molecule has 0 spiro atoms. The molecule has 0 saturated heterocycles. The summed E-state index contributed by atoms with van der Waals surface area (Å²) >= 11 is 0. The highest BCUT2D eigenvalue weighted by Crippen LogP contribution is 2.10. The van der Waals surface area contributed by atoms with Crippen LogP contribution in [-0.2, 0) is 11.2 Å². The summed E-state index contributed by atoms with van der Waals surface area (Å²) in [5.41, 5.74) is 1.21. The molecule has 80 valence electrons. The van der Waals surface area contributed by atoms with Gasteiger partial charge in [0, 0.05) is 13.2 Å². The summed E-state index contributed by atoms with van der Waals surface area (Å²) in [6, 6.07) is 2.34. The summed E-state index contributed by atoms with van der Waals surface area (Å²) in [6.07, 6.45) is 5.71. The molecule has 0 bridgehead atoms. The first-order chi connectivity index (χ1) is 6.81. The van der Waals surface area contributed by atoms with Crippen LogP contribution in [0.3, 0.4) is 0 Å². The van der Waals surface area contributed by atoms with Gasteiger partial charge < -0.3 is 14.5 Å². The normalized spacial score (nSPS) is 15.4. The van der Waals surface area contributed by atoms with Crippen LogP contribution in [-0.4, -0.2) is 26.3 Å². The fourth-order valence-electron chi connectivity index (χ4n) is 1.70. The van der Waals surface area contributed by atoms with Crippen LogP contribution < -0.4 is 5.32 Å². The van der Waals surface area contributed by atoms with E-state index in [9.17, 15) is 0 Å². The zero-order valence-electron chi connectivity index (χ0n) is 9.12. The average Bonchev–Trinajstić information content (AvgIpc) is 2.70. The number of furan rings is 1. The molecule has 0 aliphatic rings. The molecule has 3 heteroatoms. The summed E-state index contributed by atoms with van der Waals surface area (Å²) in [4.78, 5) is 0. The van der Waals surface area contributed by atoms with Gasteiger partial charge in [-0.3, -0.25) is 0 Å². The Bertz CT molecular complexity index is 229. The standard InChI is InChI=1S/C11H19NO2/c1-4-11(13-3)10(12-2)7-9-5-6-14-8-9/h5-6,8,10-12H,4,7H2,1-3H3. The minimum atomic E-state index is 0.259. The third kappa shape index (κ3) is 2.86. The molecule has 0 saturated carbocycles. The maximum Gasteiger partial charge on any atom is 0.0935 e.